The van der Waals surface area contributed by atoms with Crippen molar-refractivity contribution >= 4 is 23.2 Å². The number of aromatic nitrogens is 2. The first-order valence-electron chi connectivity index (χ1n) is 7.20. The van der Waals surface area contributed by atoms with E-state index in [2.05, 4.69) is 15.5 Å². The minimum Gasteiger partial charge on any atom is -0.459 e. The normalized spacial score (nSPS) is 11.0. The molecule has 0 saturated carbocycles. The Balaban J connectivity index is 1.52. The fraction of sp³-hybridized carbons (Fsp3) is 0.188. The van der Waals surface area contributed by atoms with E-state index in [-0.39, 0.29) is 12.5 Å². The van der Waals surface area contributed by atoms with Gasteiger partial charge in [-0.15, -0.1) is 10.2 Å². The largest absolute Gasteiger partial charge is 0.459 e. The minimum atomic E-state index is -0.148. The minimum absolute atomic E-state index is 0.148. The number of rotatable bonds is 6. The van der Waals surface area contributed by atoms with E-state index in [1.54, 1.807) is 48.3 Å². The number of carbonyl (C=O) groups is 1. The summed E-state index contributed by atoms with van der Waals surface area (Å²) in [6, 6.07) is 10.4. The molecule has 2 aromatic heterocycles. The number of amides is 1. The number of hydrogen-bond donors (Lipinski definition) is 1. The van der Waals surface area contributed by atoms with Gasteiger partial charge in [0.15, 0.2) is 5.76 Å². The Kier molecular flexibility index (Phi) is 4.93. The lowest BCUT2D eigenvalue weighted by Gasteiger charge is -2.14. The Morgan fingerprint density at radius 1 is 1.25 bits per heavy atom. The van der Waals surface area contributed by atoms with Gasteiger partial charge in [0.25, 0.3) is 5.89 Å². The van der Waals surface area contributed by atoms with Crippen molar-refractivity contribution in [1.29, 1.82) is 0 Å². The second-order valence-electron chi connectivity index (χ2n) is 5.21. The Hall–Kier alpha value is -2.64. The van der Waals surface area contributed by atoms with E-state index >= 15 is 0 Å². The van der Waals surface area contributed by atoms with Gasteiger partial charge in [0, 0.05) is 10.7 Å². The van der Waals surface area contributed by atoms with Crippen molar-refractivity contribution in [3.63, 3.8) is 0 Å². The third-order valence-corrected chi connectivity index (χ3v) is 3.40. The fourth-order valence-electron chi connectivity index (χ4n) is 2.08. The molecule has 0 aliphatic heterocycles. The summed E-state index contributed by atoms with van der Waals surface area (Å²) in [5, 5.41) is 11.3. The van der Waals surface area contributed by atoms with Gasteiger partial charge in [-0.05, 0) is 43.4 Å². The zero-order valence-corrected chi connectivity index (χ0v) is 13.7. The highest BCUT2D eigenvalue weighted by Crippen LogP contribution is 2.18. The number of anilines is 1. The van der Waals surface area contributed by atoms with E-state index in [9.17, 15) is 4.79 Å². The highest BCUT2D eigenvalue weighted by Gasteiger charge is 2.14. The van der Waals surface area contributed by atoms with Gasteiger partial charge in [0.2, 0.25) is 11.8 Å². The molecule has 3 rings (SSSR count). The van der Waals surface area contributed by atoms with Gasteiger partial charge in [-0.2, -0.15) is 0 Å². The number of halogens is 1. The average molecular weight is 347 g/mol. The topological polar surface area (TPSA) is 84.4 Å². The zero-order chi connectivity index (χ0) is 16.9. The molecule has 7 nitrogen and oxygen atoms in total. The first-order chi connectivity index (χ1) is 11.6. The molecule has 1 amide bonds. The summed E-state index contributed by atoms with van der Waals surface area (Å²) in [7, 11) is 1.79. The Labute approximate surface area is 143 Å². The molecule has 124 valence electrons. The molecule has 24 heavy (non-hydrogen) atoms. The van der Waals surface area contributed by atoms with Crippen molar-refractivity contribution in [2.24, 2.45) is 0 Å². The van der Waals surface area contributed by atoms with Crippen LogP contribution in [0.15, 0.2) is 51.5 Å². The van der Waals surface area contributed by atoms with Crippen LogP contribution in [0.2, 0.25) is 5.02 Å². The van der Waals surface area contributed by atoms with Crippen molar-refractivity contribution in [3.8, 4) is 11.7 Å². The monoisotopic (exact) mass is 346 g/mol. The second kappa shape index (κ2) is 7.29. The van der Waals surface area contributed by atoms with Gasteiger partial charge in [0.05, 0.1) is 19.4 Å². The molecule has 0 aliphatic rings. The molecule has 8 heteroatoms. The van der Waals surface area contributed by atoms with Crippen molar-refractivity contribution in [2.75, 3.05) is 18.9 Å². The molecule has 0 unspecified atom stereocenters. The maximum absolute atomic E-state index is 12.0. The predicted molar refractivity (Wildman–Crippen MR) is 88.4 cm³/mol. The third kappa shape index (κ3) is 4.21. The quantitative estimate of drug-likeness (QED) is 0.738. The number of nitrogens with zero attached hydrogens (tertiary/aromatic N) is 3. The van der Waals surface area contributed by atoms with E-state index < -0.39 is 0 Å². The standard InChI is InChI=1S/C16H15ClN4O3/c1-21(9-14(22)18-12-6-4-11(17)5-7-12)10-15-19-20-16(24-15)13-3-2-8-23-13/h2-8H,9-10H2,1H3,(H,18,22). The maximum atomic E-state index is 12.0. The molecule has 1 aromatic carbocycles. The fourth-order valence-corrected chi connectivity index (χ4v) is 2.21. The van der Waals surface area contributed by atoms with Crippen molar-refractivity contribution < 1.29 is 13.6 Å². The van der Waals surface area contributed by atoms with E-state index in [4.69, 9.17) is 20.4 Å². The molecule has 3 aromatic rings. The first kappa shape index (κ1) is 16.2. The molecule has 0 aliphatic carbocycles. The molecule has 0 fully saturated rings. The molecular formula is C16H15ClN4O3. The van der Waals surface area contributed by atoms with Gasteiger partial charge in [-0.1, -0.05) is 11.6 Å². The lowest BCUT2D eigenvalue weighted by molar-refractivity contribution is -0.117. The van der Waals surface area contributed by atoms with E-state index in [1.165, 1.54) is 6.26 Å². The number of carbonyl (C=O) groups excluding carboxylic acids is 1. The summed E-state index contributed by atoms with van der Waals surface area (Å²) < 4.78 is 10.7. The summed E-state index contributed by atoms with van der Waals surface area (Å²) in [4.78, 5) is 13.8. The van der Waals surface area contributed by atoms with Crippen molar-refractivity contribution in [3.05, 3.63) is 53.6 Å². The number of hydrogen-bond acceptors (Lipinski definition) is 6. The summed E-state index contributed by atoms with van der Waals surface area (Å²) in [6.45, 7) is 0.531. The second-order valence-corrected chi connectivity index (χ2v) is 5.64. The summed E-state index contributed by atoms with van der Waals surface area (Å²) in [5.41, 5.74) is 0.690. The highest BCUT2D eigenvalue weighted by atomic mass is 35.5. The van der Waals surface area contributed by atoms with Crippen LogP contribution in [0.25, 0.3) is 11.7 Å². The number of likely N-dealkylation sites (N-methyl/N-ethyl adjacent to an activating group) is 1. The van der Waals surface area contributed by atoms with Crippen LogP contribution in [-0.4, -0.2) is 34.6 Å². The van der Waals surface area contributed by atoms with Gasteiger partial charge in [-0.25, -0.2) is 0 Å². The average Bonchev–Trinajstić information content (AvgIpc) is 3.20. The van der Waals surface area contributed by atoms with Gasteiger partial charge in [0.1, 0.15) is 0 Å². The van der Waals surface area contributed by atoms with Crippen LogP contribution in [0.1, 0.15) is 5.89 Å². The molecule has 0 saturated heterocycles. The van der Waals surface area contributed by atoms with Crippen molar-refractivity contribution in [1.82, 2.24) is 15.1 Å². The van der Waals surface area contributed by atoms with Crippen LogP contribution >= 0.6 is 11.6 Å². The first-order valence-corrected chi connectivity index (χ1v) is 7.58. The number of benzene rings is 1. The molecule has 1 N–H and O–H groups in total. The molecule has 0 atom stereocenters. The smallest absolute Gasteiger partial charge is 0.283 e. The third-order valence-electron chi connectivity index (χ3n) is 3.15. The van der Waals surface area contributed by atoms with Crippen LogP contribution < -0.4 is 5.32 Å². The Morgan fingerprint density at radius 2 is 2.04 bits per heavy atom. The summed E-state index contributed by atoms with van der Waals surface area (Å²) in [6.07, 6.45) is 1.53. The summed E-state index contributed by atoms with van der Waals surface area (Å²) >= 11 is 5.81. The molecule has 0 radical (unpaired) electrons. The van der Waals surface area contributed by atoms with Crippen LogP contribution in [-0.2, 0) is 11.3 Å². The van der Waals surface area contributed by atoms with Gasteiger partial charge in [-0.3, -0.25) is 9.69 Å². The Morgan fingerprint density at radius 3 is 2.75 bits per heavy atom. The molecule has 0 spiro atoms. The molecular weight excluding hydrogens is 332 g/mol. The SMILES string of the molecule is CN(CC(=O)Nc1ccc(Cl)cc1)Cc1nnc(-c2ccco2)o1. The van der Waals surface area contributed by atoms with Crippen LogP contribution in [0.4, 0.5) is 5.69 Å². The van der Waals surface area contributed by atoms with E-state index in [0.29, 0.717) is 34.8 Å². The van der Waals surface area contributed by atoms with E-state index in [1.807, 2.05) is 0 Å². The summed E-state index contributed by atoms with van der Waals surface area (Å²) in [5.74, 6) is 1.08. The number of furan rings is 1. The number of nitrogens with one attached hydrogen (secondary N) is 1. The Bertz CT molecular complexity index is 799. The lowest BCUT2D eigenvalue weighted by Crippen LogP contribution is -2.29. The molecule has 0 bridgehead atoms. The van der Waals surface area contributed by atoms with Crippen LogP contribution in [0, 0.1) is 0 Å². The zero-order valence-electron chi connectivity index (χ0n) is 12.9. The van der Waals surface area contributed by atoms with Gasteiger partial charge < -0.3 is 14.2 Å². The predicted octanol–water partition coefficient (Wildman–Crippen LogP) is 3.05. The van der Waals surface area contributed by atoms with Crippen LogP contribution in [0.5, 0.6) is 0 Å². The highest BCUT2D eigenvalue weighted by molar-refractivity contribution is 6.30. The lowest BCUT2D eigenvalue weighted by atomic mass is 10.3. The van der Waals surface area contributed by atoms with E-state index in [0.717, 1.165) is 0 Å². The molecule has 2 heterocycles. The van der Waals surface area contributed by atoms with Gasteiger partial charge >= 0.3 is 0 Å². The van der Waals surface area contributed by atoms with Crippen LogP contribution in [0.3, 0.4) is 0 Å². The van der Waals surface area contributed by atoms with Crippen molar-refractivity contribution in [2.45, 2.75) is 6.54 Å². The maximum Gasteiger partial charge on any atom is 0.283 e.